The van der Waals surface area contributed by atoms with Gasteiger partial charge < -0.3 is 23.7 Å². The van der Waals surface area contributed by atoms with Gasteiger partial charge in [0.15, 0.2) is 0 Å². The second-order valence-corrected chi connectivity index (χ2v) is 19.3. The van der Waals surface area contributed by atoms with Crippen LogP contribution < -0.4 is 14.5 Å². The summed E-state index contributed by atoms with van der Waals surface area (Å²) in [5.41, 5.74) is 9.27. The van der Waals surface area contributed by atoms with Crippen molar-refractivity contribution in [2.24, 2.45) is 0 Å². The van der Waals surface area contributed by atoms with E-state index in [1.165, 1.54) is 5.56 Å². The molecule has 0 spiro atoms. The molecule has 0 radical (unpaired) electrons. The van der Waals surface area contributed by atoms with Crippen LogP contribution in [-0.2, 0) is 31.9 Å². The van der Waals surface area contributed by atoms with E-state index in [0.717, 1.165) is 44.7 Å². The van der Waals surface area contributed by atoms with Crippen molar-refractivity contribution in [1.82, 2.24) is 14.1 Å². The van der Waals surface area contributed by atoms with Crippen molar-refractivity contribution in [2.75, 3.05) is 9.80 Å². The quantitative estimate of drug-likeness (QED) is 0.149. The largest absolute Gasteiger partial charge is 0.509 e. The van der Waals surface area contributed by atoms with Gasteiger partial charge in [0.25, 0.3) is 0 Å². The number of para-hydroxylation sites is 5. The number of aromatic nitrogens is 3. The maximum Gasteiger partial charge on any atom is 0.135 e. The summed E-state index contributed by atoms with van der Waals surface area (Å²) in [7, 11) is 0. The van der Waals surface area contributed by atoms with Gasteiger partial charge in [-0.15, -0.1) is 42.7 Å². The van der Waals surface area contributed by atoms with Gasteiger partial charge in [0.05, 0.1) is 22.0 Å². The van der Waals surface area contributed by atoms with Crippen LogP contribution in [0.2, 0.25) is 0 Å². The molecule has 6 nitrogen and oxygen atoms in total. The summed E-state index contributed by atoms with van der Waals surface area (Å²) < 4.78 is 83.0. The summed E-state index contributed by atoms with van der Waals surface area (Å²) in [4.78, 5) is 9.19. The number of pyridine rings is 1. The predicted octanol–water partition coefficient (Wildman–Crippen LogP) is 16.3. The Balaban J connectivity index is 0.00000631. The molecule has 1 aliphatic rings. The van der Waals surface area contributed by atoms with Crippen LogP contribution in [0.1, 0.15) is 63.6 Å². The van der Waals surface area contributed by atoms with Crippen molar-refractivity contribution >= 4 is 66.4 Å². The SMILES string of the molecule is [2H]c1c([2H])c([2H])c2c(c1[2H])c1c([2H])c([2H])c([2H])c([2H])c1n2-c1cc(Oc2[c-]c(N3[CH-]N(c4cc(-c5ccccc5)cc(C(C)(C)C)c4)c4ccccc43)ccc2)[c-]c2c1c1ccccc1n2-c1cc(C(C)(C)C)ccn1.[Pt]. The third kappa shape index (κ3) is 7.68. The minimum absolute atomic E-state index is 0. The van der Waals surface area contributed by atoms with Gasteiger partial charge in [-0.25, -0.2) is 4.98 Å². The molecule has 342 valence electrons. The fourth-order valence-corrected chi connectivity index (χ4v) is 9.35. The first-order valence-electron chi connectivity index (χ1n) is 26.7. The molecule has 8 aromatic carbocycles. The van der Waals surface area contributed by atoms with Gasteiger partial charge in [-0.2, -0.15) is 6.07 Å². The fourth-order valence-electron chi connectivity index (χ4n) is 9.35. The second-order valence-electron chi connectivity index (χ2n) is 19.3. The van der Waals surface area contributed by atoms with E-state index in [4.69, 9.17) is 15.2 Å². The molecule has 0 saturated heterocycles. The van der Waals surface area contributed by atoms with Crippen molar-refractivity contribution < 1.29 is 36.8 Å². The van der Waals surface area contributed by atoms with Gasteiger partial charge in [0.1, 0.15) is 5.82 Å². The Labute approximate surface area is 429 Å². The Hall–Kier alpha value is -7.40. The molecule has 69 heavy (non-hydrogen) atoms. The van der Waals surface area contributed by atoms with Gasteiger partial charge in [0, 0.05) is 72.1 Å². The molecule has 0 amide bonds. The fraction of sp³-hybridized carbons (Fsp3) is 0.129. The first-order valence-corrected chi connectivity index (χ1v) is 22.7. The minimum Gasteiger partial charge on any atom is -0.509 e. The Bertz CT molecular complexity index is 4140. The average Bonchev–Trinajstić information content (AvgIpc) is 4.20. The molecule has 0 saturated carbocycles. The van der Waals surface area contributed by atoms with E-state index >= 15 is 0 Å². The summed E-state index contributed by atoms with van der Waals surface area (Å²) in [5, 5.41) is 1.26. The molecule has 0 bridgehead atoms. The monoisotopic (exact) mass is 1080 g/mol. The van der Waals surface area contributed by atoms with E-state index in [-0.39, 0.29) is 59.5 Å². The second kappa shape index (κ2) is 17.0. The molecule has 0 aliphatic carbocycles. The molecule has 0 fully saturated rings. The predicted molar refractivity (Wildman–Crippen MR) is 281 cm³/mol. The summed E-state index contributed by atoms with van der Waals surface area (Å²) in [6, 6.07) is 47.9. The number of rotatable bonds is 7. The molecular formula is C62H50N5OPt-3. The smallest absolute Gasteiger partial charge is 0.135 e. The molecule has 0 atom stereocenters. The molecule has 0 N–H and O–H groups in total. The van der Waals surface area contributed by atoms with Crippen LogP contribution in [0.25, 0.3) is 66.2 Å². The minimum atomic E-state index is -0.521. The normalized spacial score (nSPS) is 14.5. The Morgan fingerprint density at radius 1 is 0.536 bits per heavy atom. The third-order valence-electron chi connectivity index (χ3n) is 12.8. The first kappa shape index (κ1) is 35.7. The number of anilines is 4. The van der Waals surface area contributed by atoms with Gasteiger partial charge in [0.2, 0.25) is 0 Å². The number of fused-ring (bicyclic) bond motifs is 7. The average molecular weight is 1080 g/mol. The maximum atomic E-state index is 9.44. The number of nitrogens with zero attached hydrogens (tertiary/aromatic N) is 5. The van der Waals surface area contributed by atoms with E-state index < -0.39 is 48.3 Å². The van der Waals surface area contributed by atoms with Crippen LogP contribution in [0.3, 0.4) is 0 Å². The van der Waals surface area contributed by atoms with E-state index in [0.29, 0.717) is 33.8 Å². The van der Waals surface area contributed by atoms with Crippen LogP contribution in [0.4, 0.5) is 22.7 Å². The van der Waals surface area contributed by atoms with Crippen molar-refractivity contribution in [1.29, 1.82) is 0 Å². The summed E-state index contributed by atoms with van der Waals surface area (Å²) in [6.07, 6.45) is 1.77. The summed E-state index contributed by atoms with van der Waals surface area (Å²) >= 11 is 0. The molecule has 4 heterocycles. The Morgan fingerprint density at radius 2 is 1.20 bits per heavy atom. The standard InChI is InChI=1S/C62H50N5O.Pt/c1-61(2,3)43-31-32-63-59(36-43)67-54-28-15-12-25-51(54)60-57(66-52-26-13-10-23-49(52)50-24-11-14-27-53(50)66)38-48(39-58(60)67)68-47-22-18-21-45(37-47)64-40-65(56-30-17-16-29-55(56)64)46-34-42(41-19-8-7-9-20-41)33-44(35-46)62(4,5)6;/h7-36,38,40H,1-6H3;/q-3;/i10D,11D,13D,14D,23D,24D,26D,27D;. The molecule has 3 aromatic heterocycles. The van der Waals surface area contributed by atoms with Gasteiger partial charge >= 0.3 is 0 Å². The number of ether oxygens (including phenoxy) is 1. The van der Waals surface area contributed by atoms with Crippen molar-refractivity contribution in [3.63, 3.8) is 0 Å². The van der Waals surface area contributed by atoms with Crippen LogP contribution in [-0.4, -0.2) is 14.1 Å². The zero-order valence-electron chi connectivity index (χ0n) is 46.8. The van der Waals surface area contributed by atoms with Crippen LogP contribution in [0.15, 0.2) is 188 Å². The summed E-state index contributed by atoms with van der Waals surface area (Å²) in [5.74, 6) is 1.13. The maximum absolute atomic E-state index is 9.44. The van der Waals surface area contributed by atoms with Crippen molar-refractivity contribution in [3.05, 3.63) is 218 Å². The molecule has 1 aliphatic heterocycles. The summed E-state index contributed by atoms with van der Waals surface area (Å²) in [6.45, 7) is 15.1. The van der Waals surface area contributed by atoms with E-state index in [1.54, 1.807) is 22.9 Å². The Morgan fingerprint density at radius 3 is 1.93 bits per heavy atom. The number of benzene rings is 8. The van der Waals surface area contributed by atoms with Crippen LogP contribution >= 0.6 is 0 Å². The van der Waals surface area contributed by atoms with Gasteiger partial charge in [-0.05, 0) is 98.7 Å². The van der Waals surface area contributed by atoms with Crippen molar-refractivity contribution in [3.8, 4) is 34.1 Å². The van der Waals surface area contributed by atoms with Crippen LogP contribution in [0, 0.1) is 18.8 Å². The molecular weight excluding hydrogens is 1030 g/mol. The molecule has 12 rings (SSSR count). The number of hydrogen-bond donors (Lipinski definition) is 0. The Kier molecular flexibility index (Phi) is 8.78. The third-order valence-corrected chi connectivity index (χ3v) is 12.8. The van der Waals surface area contributed by atoms with E-state index in [1.807, 2.05) is 71.3 Å². The molecule has 11 aromatic rings. The van der Waals surface area contributed by atoms with Gasteiger partial charge in [-0.1, -0.05) is 155 Å². The molecule has 0 unspecified atom stereocenters. The van der Waals surface area contributed by atoms with Crippen LogP contribution in [0.5, 0.6) is 11.5 Å². The topological polar surface area (TPSA) is 38.5 Å². The van der Waals surface area contributed by atoms with E-state index in [2.05, 4.69) is 125 Å². The zero-order valence-corrected chi connectivity index (χ0v) is 41.1. The molecule has 7 heteroatoms. The van der Waals surface area contributed by atoms with E-state index in [9.17, 15) is 5.48 Å². The zero-order chi connectivity index (χ0) is 53.3. The van der Waals surface area contributed by atoms with Gasteiger partial charge in [-0.3, -0.25) is 0 Å². The van der Waals surface area contributed by atoms with Crippen molar-refractivity contribution in [2.45, 2.75) is 52.4 Å². The number of hydrogen-bond acceptors (Lipinski definition) is 4. The first-order chi connectivity index (χ1) is 36.3.